The Labute approximate surface area is 107 Å². The Morgan fingerprint density at radius 2 is 1.42 bits per heavy atom. The molecule has 2 aromatic carbocycles. The molecule has 100 valence electrons. The fourth-order valence-corrected chi connectivity index (χ4v) is 1.83. The van der Waals surface area contributed by atoms with Gasteiger partial charge in [-0.1, -0.05) is 12.1 Å². The van der Waals surface area contributed by atoms with E-state index in [0.29, 0.717) is 0 Å². The highest BCUT2D eigenvalue weighted by atomic mass is 19.2. The van der Waals surface area contributed by atoms with Crippen LogP contribution in [0.15, 0.2) is 36.4 Å². The minimum Gasteiger partial charge on any atom is -0.381 e. The summed E-state index contributed by atoms with van der Waals surface area (Å²) in [6, 6.07) is 6.35. The molecule has 0 radical (unpaired) electrons. The Bertz CT molecular complexity index is 606. The van der Waals surface area contributed by atoms with Crippen molar-refractivity contribution in [3.63, 3.8) is 0 Å². The van der Waals surface area contributed by atoms with Crippen LogP contribution < -0.4 is 0 Å². The van der Waals surface area contributed by atoms with Gasteiger partial charge in [0.15, 0.2) is 17.5 Å². The van der Waals surface area contributed by atoms with E-state index in [9.17, 15) is 22.7 Å². The fraction of sp³-hybridized carbons (Fsp3) is 0.143. The zero-order valence-corrected chi connectivity index (χ0v) is 9.92. The predicted octanol–water partition coefficient (Wildman–Crippen LogP) is 3.50. The average molecular weight is 270 g/mol. The SMILES string of the molecule is CC(O)(c1ccc(F)cc1)c1ccc(F)c(F)c1F. The van der Waals surface area contributed by atoms with Crippen molar-refractivity contribution < 1.29 is 22.7 Å². The number of hydrogen-bond acceptors (Lipinski definition) is 1. The lowest BCUT2D eigenvalue weighted by atomic mass is 9.88. The molecule has 0 aliphatic heterocycles. The van der Waals surface area contributed by atoms with Crippen LogP contribution in [0.3, 0.4) is 0 Å². The maximum atomic E-state index is 13.7. The second-order valence-corrected chi connectivity index (χ2v) is 4.30. The molecule has 5 heteroatoms. The Morgan fingerprint density at radius 3 is 2.00 bits per heavy atom. The quantitative estimate of drug-likeness (QED) is 0.654. The first-order valence-corrected chi connectivity index (χ1v) is 5.46. The minimum absolute atomic E-state index is 0.166. The summed E-state index contributed by atoms with van der Waals surface area (Å²) in [6.07, 6.45) is 0. The van der Waals surface area contributed by atoms with Gasteiger partial charge in [0.05, 0.1) is 0 Å². The van der Waals surface area contributed by atoms with Crippen molar-refractivity contribution in [2.75, 3.05) is 0 Å². The van der Waals surface area contributed by atoms with Gasteiger partial charge in [-0.05, 0) is 36.8 Å². The summed E-state index contributed by atoms with van der Waals surface area (Å²) in [5.41, 5.74) is -2.15. The molecule has 2 aromatic rings. The van der Waals surface area contributed by atoms with Crippen molar-refractivity contribution >= 4 is 0 Å². The van der Waals surface area contributed by atoms with E-state index in [1.807, 2.05) is 0 Å². The molecular weight excluding hydrogens is 260 g/mol. The molecular formula is C14H10F4O. The molecule has 0 aromatic heterocycles. The standard InChI is InChI=1S/C14H10F4O/c1-14(19,8-2-4-9(15)5-3-8)10-6-7-11(16)13(18)12(10)17/h2-7,19H,1H3. The Balaban J connectivity index is 2.56. The Morgan fingerprint density at radius 1 is 0.842 bits per heavy atom. The summed E-state index contributed by atoms with van der Waals surface area (Å²) in [4.78, 5) is 0. The third kappa shape index (κ3) is 2.33. The molecule has 0 spiro atoms. The fourth-order valence-electron chi connectivity index (χ4n) is 1.83. The van der Waals surface area contributed by atoms with Gasteiger partial charge in [0, 0.05) is 5.56 Å². The monoisotopic (exact) mass is 270 g/mol. The third-order valence-electron chi connectivity index (χ3n) is 2.97. The van der Waals surface area contributed by atoms with Gasteiger partial charge in [-0.25, -0.2) is 17.6 Å². The second kappa shape index (κ2) is 4.66. The summed E-state index contributed by atoms with van der Waals surface area (Å²) in [7, 11) is 0. The third-order valence-corrected chi connectivity index (χ3v) is 2.97. The van der Waals surface area contributed by atoms with Crippen LogP contribution >= 0.6 is 0 Å². The van der Waals surface area contributed by atoms with E-state index >= 15 is 0 Å². The summed E-state index contributed by atoms with van der Waals surface area (Å²) < 4.78 is 52.5. The molecule has 0 saturated carbocycles. The van der Waals surface area contributed by atoms with Crippen LogP contribution in [-0.4, -0.2) is 5.11 Å². The molecule has 0 heterocycles. The van der Waals surface area contributed by atoms with Gasteiger partial charge in [0.25, 0.3) is 0 Å². The van der Waals surface area contributed by atoms with Gasteiger partial charge in [0.1, 0.15) is 11.4 Å². The van der Waals surface area contributed by atoms with Crippen molar-refractivity contribution in [2.24, 2.45) is 0 Å². The normalized spacial score (nSPS) is 14.2. The van der Waals surface area contributed by atoms with Gasteiger partial charge in [0.2, 0.25) is 0 Å². The predicted molar refractivity (Wildman–Crippen MR) is 61.4 cm³/mol. The van der Waals surface area contributed by atoms with Crippen LogP contribution in [-0.2, 0) is 5.60 Å². The number of aliphatic hydroxyl groups is 1. The zero-order chi connectivity index (χ0) is 14.2. The number of benzene rings is 2. The van der Waals surface area contributed by atoms with Crippen LogP contribution in [0.25, 0.3) is 0 Å². The van der Waals surface area contributed by atoms with Crippen molar-refractivity contribution in [2.45, 2.75) is 12.5 Å². The lowest BCUT2D eigenvalue weighted by Gasteiger charge is -2.25. The molecule has 0 saturated heterocycles. The summed E-state index contributed by atoms with van der Waals surface area (Å²) in [6.45, 7) is 1.22. The van der Waals surface area contributed by atoms with E-state index in [2.05, 4.69) is 0 Å². The first kappa shape index (κ1) is 13.5. The topological polar surface area (TPSA) is 20.2 Å². The number of rotatable bonds is 2. The van der Waals surface area contributed by atoms with Gasteiger partial charge < -0.3 is 5.11 Å². The van der Waals surface area contributed by atoms with Gasteiger partial charge in [-0.15, -0.1) is 0 Å². The molecule has 0 aliphatic rings. The van der Waals surface area contributed by atoms with E-state index in [1.165, 1.54) is 19.1 Å². The van der Waals surface area contributed by atoms with Crippen LogP contribution in [0.1, 0.15) is 18.1 Å². The molecule has 0 amide bonds. The van der Waals surface area contributed by atoms with Crippen LogP contribution in [0.5, 0.6) is 0 Å². The Hall–Kier alpha value is -1.88. The molecule has 19 heavy (non-hydrogen) atoms. The molecule has 0 bridgehead atoms. The maximum absolute atomic E-state index is 13.7. The Kier molecular flexibility index (Phi) is 3.32. The smallest absolute Gasteiger partial charge is 0.194 e. The van der Waals surface area contributed by atoms with E-state index in [1.54, 1.807) is 0 Å². The molecule has 1 N–H and O–H groups in total. The molecule has 1 atom stereocenters. The highest BCUT2D eigenvalue weighted by molar-refractivity contribution is 5.36. The lowest BCUT2D eigenvalue weighted by molar-refractivity contribution is 0.0966. The van der Waals surface area contributed by atoms with Crippen LogP contribution in [0, 0.1) is 23.3 Å². The van der Waals surface area contributed by atoms with Crippen molar-refractivity contribution in [3.8, 4) is 0 Å². The van der Waals surface area contributed by atoms with E-state index in [4.69, 9.17) is 0 Å². The van der Waals surface area contributed by atoms with Crippen molar-refractivity contribution in [1.82, 2.24) is 0 Å². The van der Waals surface area contributed by atoms with Crippen molar-refractivity contribution in [1.29, 1.82) is 0 Å². The van der Waals surface area contributed by atoms with Gasteiger partial charge >= 0.3 is 0 Å². The molecule has 1 nitrogen and oxygen atoms in total. The number of halogens is 4. The van der Waals surface area contributed by atoms with Gasteiger partial charge in [-0.2, -0.15) is 0 Å². The maximum Gasteiger partial charge on any atom is 0.194 e. The summed E-state index contributed by atoms with van der Waals surface area (Å²) >= 11 is 0. The zero-order valence-electron chi connectivity index (χ0n) is 9.92. The average Bonchev–Trinajstić information content (AvgIpc) is 2.36. The molecule has 1 unspecified atom stereocenters. The minimum atomic E-state index is -1.90. The van der Waals surface area contributed by atoms with Crippen LogP contribution in [0.4, 0.5) is 17.6 Å². The molecule has 0 fully saturated rings. The van der Waals surface area contributed by atoms with E-state index in [0.717, 1.165) is 24.3 Å². The van der Waals surface area contributed by atoms with Crippen molar-refractivity contribution in [3.05, 3.63) is 70.8 Å². The molecule has 2 rings (SSSR count). The second-order valence-electron chi connectivity index (χ2n) is 4.30. The van der Waals surface area contributed by atoms with Crippen LogP contribution in [0.2, 0.25) is 0 Å². The van der Waals surface area contributed by atoms with Gasteiger partial charge in [-0.3, -0.25) is 0 Å². The first-order chi connectivity index (χ1) is 8.84. The van der Waals surface area contributed by atoms with E-state index in [-0.39, 0.29) is 5.56 Å². The first-order valence-electron chi connectivity index (χ1n) is 5.46. The highest BCUT2D eigenvalue weighted by Crippen LogP contribution is 2.32. The summed E-state index contributed by atoms with van der Waals surface area (Å²) in [5.74, 6) is -4.98. The molecule has 0 aliphatic carbocycles. The lowest BCUT2D eigenvalue weighted by Crippen LogP contribution is -2.25. The number of hydrogen-bond donors (Lipinski definition) is 1. The summed E-state index contributed by atoms with van der Waals surface area (Å²) in [5, 5.41) is 10.3. The van der Waals surface area contributed by atoms with E-state index < -0.39 is 34.4 Å². The highest BCUT2D eigenvalue weighted by Gasteiger charge is 2.31. The largest absolute Gasteiger partial charge is 0.381 e.